The average molecular weight is 527 g/mol. The largest absolute Gasteiger partial charge is 0.496 e. The van der Waals surface area contributed by atoms with Crippen LogP contribution in [0.15, 0.2) is 54.7 Å². The van der Waals surface area contributed by atoms with Crippen LogP contribution in [0.4, 0.5) is 9.18 Å². The number of aromatic nitrogens is 1. The molecule has 1 aliphatic heterocycles. The van der Waals surface area contributed by atoms with E-state index in [1.807, 2.05) is 26.8 Å². The summed E-state index contributed by atoms with van der Waals surface area (Å²) < 4.78 is 32.4. The topological polar surface area (TPSA) is 60.9 Å². The number of halogens is 2. The number of pyridine rings is 1. The van der Waals surface area contributed by atoms with Crippen LogP contribution in [0.5, 0.6) is 11.6 Å². The number of methoxy groups -OCH3 is 1. The van der Waals surface area contributed by atoms with Crippen molar-refractivity contribution in [2.75, 3.05) is 20.3 Å². The maximum atomic E-state index is 15.6. The molecule has 8 heteroatoms. The Bertz CT molecular complexity index is 1240. The van der Waals surface area contributed by atoms with Gasteiger partial charge in [0.15, 0.2) is 0 Å². The first-order valence-electron chi connectivity index (χ1n) is 12.3. The summed E-state index contributed by atoms with van der Waals surface area (Å²) in [6.07, 6.45) is 3.47. The van der Waals surface area contributed by atoms with Crippen molar-refractivity contribution in [2.45, 2.75) is 51.7 Å². The molecule has 196 valence electrons. The van der Waals surface area contributed by atoms with Crippen molar-refractivity contribution in [3.63, 3.8) is 0 Å². The standard InChI is InChI=1S/C29H32ClFN2O4/c1-29(2,3)37-28(34)33-14-6-9-23(33)18-36-25-13-10-19(17-32-25)15-21-11-12-24(35-4)26(27(21)31)20-7-5-8-22(30)16-20/h5,7-8,10-13,16-17,23H,6,9,14-15,18H2,1-4H3. The zero-order chi connectivity index (χ0) is 26.6. The second kappa shape index (κ2) is 11.4. The molecular weight excluding hydrogens is 495 g/mol. The first-order chi connectivity index (χ1) is 17.6. The van der Waals surface area contributed by atoms with Crippen molar-refractivity contribution in [1.29, 1.82) is 0 Å². The number of likely N-dealkylation sites (tertiary alicyclic amines) is 1. The van der Waals surface area contributed by atoms with Gasteiger partial charge in [-0.15, -0.1) is 0 Å². The third-order valence-corrected chi connectivity index (χ3v) is 6.37. The highest BCUT2D eigenvalue weighted by atomic mass is 35.5. The lowest BCUT2D eigenvalue weighted by molar-refractivity contribution is 0.0186. The summed E-state index contributed by atoms with van der Waals surface area (Å²) in [5.41, 5.74) is 1.84. The Morgan fingerprint density at radius 3 is 2.68 bits per heavy atom. The Hall–Kier alpha value is -3.32. The molecule has 37 heavy (non-hydrogen) atoms. The van der Waals surface area contributed by atoms with Crippen molar-refractivity contribution < 1.29 is 23.4 Å². The molecule has 0 aliphatic carbocycles. The maximum Gasteiger partial charge on any atom is 0.410 e. The summed E-state index contributed by atoms with van der Waals surface area (Å²) in [7, 11) is 1.52. The molecule has 6 nitrogen and oxygen atoms in total. The van der Waals surface area contributed by atoms with Gasteiger partial charge in [-0.25, -0.2) is 14.2 Å². The minimum atomic E-state index is -0.541. The highest BCUT2D eigenvalue weighted by molar-refractivity contribution is 6.30. The second-order valence-electron chi connectivity index (χ2n) is 10.1. The second-order valence-corrected chi connectivity index (χ2v) is 10.5. The number of nitrogens with zero attached hydrogens (tertiary/aromatic N) is 2. The molecule has 1 saturated heterocycles. The van der Waals surface area contributed by atoms with Gasteiger partial charge in [-0.1, -0.05) is 35.9 Å². The highest BCUT2D eigenvalue weighted by Crippen LogP contribution is 2.36. The van der Waals surface area contributed by atoms with Crippen LogP contribution in [-0.2, 0) is 11.2 Å². The first-order valence-corrected chi connectivity index (χ1v) is 12.7. The van der Waals surface area contributed by atoms with Gasteiger partial charge in [0.2, 0.25) is 5.88 Å². The van der Waals surface area contributed by atoms with Crippen LogP contribution in [-0.4, -0.2) is 47.9 Å². The van der Waals surface area contributed by atoms with Gasteiger partial charge >= 0.3 is 6.09 Å². The molecule has 3 aromatic rings. The lowest BCUT2D eigenvalue weighted by Gasteiger charge is -2.28. The Balaban J connectivity index is 1.42. The molecule has 0 spiro atoms. The van der Waals surface area contributed by atoms with Crippen LogP contribution in [0.25, 0.3) is 11.1 Å². The van der Waals surface area contributed by atoms with E-state index in [4.69, 9.17) is 25.8 Å². The fourth-order valence-corrected chi connectivity index (χ4v) is 4.58. The van der Waals surface area contributed by atoms with Crippen molar-refractivity contribution in [2.24, 2.45) is 0 Å². The zero-order valence-electron chi connectivity index (χ0n) is 21.6. The Morgan fingerprint density at radius 1 is 1.19 bits per heavy atom. The molecule has 1 amide bonds. The number of rotatable bonds is 7. The van der Waals surface area contributed by atoms with E-state index in [0.717, 1.165) is 18.4 Å². The van der Waals surface area contributed by atoms with Crippen LogP contribution >= 0.6 is 11.6 Å². The van der Waals surface area contributed by atoms with Crippen molar-refractivity contribution in [3.05, 3.63) is 76.7 Å². The molecule has 1 aromatic heterocycles. The van der Waals surface area contributed by atoms with Crippen LogP contribution in [0, 0.1) is 5.82 Å². The summed E-state index contributed by atoms with van der Waals surface area (Å²) in [5, 5.41) is 0.524. The van der Waals surface area contributed by atoms with Crippen LogP contribution in [0.3, 0.4) is 0 Å². The van der Waals surface area contributed by atoms with Crippen LogP contribution in [0.1, 0.15) is 44.7 Å². The summed E-state index contributed by atoms with van der Waals surface area (Å²) in [5.74, 6) is 0.540. The molecule has 2 heterocycles. The average Bonchev–Trinajstić information content (AvgIpc) is 3.32. The van der Waals surface area contributed by atoms with E-state index in [0.29, 0.717) is 52.9 Å². The third-order valence-electron chi connectivity index (χ3n) is 6.14. The summed E-state index contributed by atoms with van der Waals surface area (Å²) in [4.78, 5) is 18.6. The third kappa shape index (κ3) is 6.72. The van der Waals surface area contributed by atoms with E-state index in [9.17, 15) is 4.79 Å². The number of amides is 1. The van der Waals surface area contributed by atoms with Crippen molar-refractivity contribution in [3.8, 4) is 22.8 Å². The molecule has 0 bridgehead atoms. The lowest BCUT2D eigenvalue weighted by Crippen LogP contribution is -2.42. The number of ether oxygens (including phenoxy) is 3. The molecule has 0 N–H and O–H groups in total. The summed E-state index contributed by atoms with van der Waals surface area (Å²) >= 11 is 6.13. The maximum absolute atomic E-state index is 15.6. The lowest BCUT2D eigenvalue weighted by atomic mass is 9.97. The number of benzene rings is 2. The fourth-order valence-electron chi connectivity index (χ4n) is 4.39. The Morgan fingerprint density at radius 2 is 2.00 bits per heavy atom. The molecule has 0 radical (unpaired) electrons. The van der Waals surface area contributed by atoms with Gasteiger partial charge < -0.3 is 19.1 Å². The van der Waals surface area contributed by atoms with Gasteiger partial charge in [-0.05, 0) is 68.5 Å². The van der Waals surface area contributed by atoms with Crippen molar-refractivity contribution >= 4 is 17.7 Å². The van der Waals surface area contributed by atoms with Crippen LogP contribution < -0.4 is 9.47 Å². The number of carbonyl (C=O) groups is 1. The Kier molecular flexibility index (Phi) is 8.22. The molecule has 1 fully saturated rings. The monoisotopic (exact) mass is 526 g/mol. The predicted octanol–water partition coefficient (Wildman–Crippen LogP) is 6.92. The van der Waals surface area contributed by atoms with Gasteiger partial charge in [0, 0.05) is 30.3 Å². The number of hydrogen-bond acceptors (Lipinski definition) is 5. The predicted molar refractivity (Wildman–Crippen MR) is 142 cm³/mol. The normalized spacial score (nSPS) is 15.5. The molecule has 4 rings (SSSR count). The van der Waals surface area contributed by atoms with Gasteiger partial charge in [-0.2, -0.15) is 0 Å². The van der Waals surface area contributed by atoms with Gasteiger partial charge in [0.1, 0.15) is 23.8 Å². The molecular formula is C29H32ClFN2O4. The zero-order valence-corrected chi connectivity index (χ0v) is 22.3. The number of hydrogen-bond donors (Lipinski definition) is 0. The van der Waals surface area contributed by atoms with Crippen molar-refractivity contribution in [1.82, 2.24) is 9.88 Å². The minimum absolute atomic E-state index is 0.0605. The van der Waals surface area contributed by atoms with E-state index in [2.05, 4.69) is 4.98 Å². The van der Waals surface area contributed by atoms with Gasteiger partial charge in [0.25, 0.3) is 0 Å². The quantitative estimate of drug-likeness (QED) is 0.334. The molecule has 1 atom stereocenters. The van der Waals surface area contributed by atoms with E-state index in [1.165, 1.54) is 7.11 Å². The molecule has 0 saturated carbocycles. The highest BCUT2D eigenvalue weighted by Gasteiger charge is 2.32. The smallest absolute Gasteiger partial charge is 0.410 e. The SMILES string of the molecule is COc1ccc(Cc2ccc(OCC3CCCN3C(=O)OC(C)(C)C)nc2)c(F)c1-c1cccc(Cl)c1. The summed E-state index contributed by atoms with van der Waals surface area (Å²) in [6, 6.07) is 14.1. The first kappa shape index (κ1) is 26.7. The van der Waals surface area contributed by atoms with E-state index >= 15 is 4.39 Å². The Labute approximate surface area is 222 Å². The molecule has 2 aromatic carbocycles. The van der Waals surface area contributed by atoms with Gasteiger partial charge in [-0.3, -0.25) is 0 Å². The fraction of sp³-hybridized carbons (Fsp3) is 0.379. The minimum Gasteiger partial charge on any atom is -0.496 e. The molecule has 1 aliphatic rings. The van der Waals surface area contributed by atoms with E-state index < -0.39 is 5.60 Å². The van der Waals surface area contributed by atoms with Gasteiger partial charge in [0.05, 0.1) is 18.7 Å². The molecule has 1 unspecified atom stereocenters. The summed E-state index contributed by atoms with van der Waals surface area (Å²) in [6.45, 7) is 6.55. The number of carbonyl (C=O) groups excluding carboxylic acids is 1. The van der Waals surface area contributed by atoms with E-state index in [1.54, 1.807) is 53.6 Å². The van der Waals surface area contributed by atoms with E-state index in [-0.39, 0.29) is 18.0 Å². The van der Waals surface area contributed by atoms with Crippen LogP contribution in [0.2, 0.25) is 5.02 Å².